The van der Waals surface area contributed by atoms with Crippen molar-refractivity contribution in [3.05, 3.63) is 35.4 Å². The molecule has 1 saturated heterocycles. The SMILES string of the molecule is COC(=O)c1ccc(CN2CCC(C(C)N)CC2)cc1. The van der Waals surface area contributed by atoms with Crippen LogP contribution in [0, 0.1) is 5.92 Å². The van der Waals surface area contributed by atoms with Crippen LogP contribution >= 0.6 is 0 Å². The highest BCUT2D eigenvalue weighted by Gasteiger charge is 2.21. The summed E-state index contributed by atoms with van der Waals surface area (Å²) in [6.07, 6.45) is 2.36. The number of hydrogen-bond donors (Lipinski definition) is 1. The fraction of sp³-hybridized carbons (Fsp3) is 0.562. The summed E-state index contributed by atoms with van der Waals surface area (Å²) in [5.74, 6) is 0.377. The Bertz CT molecular complexity index is 434. The number of carbonyl (C=O) groups is 1. The number of carbonyl (C=O) groups excluding carboxylic acids is 1. The van der Waals surface area contributed by atoms with Crippen LogP contribution < -0.4 is 5.73 Å². The summed E-state index contributed by atoms with van der Waals surface area (Å²) < 4.78 is 4.70. The number of methoxy groups -OCH3 is 1. The number of benzene rings is 1. The zero-order valence-electron chi connectivity index (χ0n) is 12.3. The summed E-state index contributed by atoms with van der Waals surface area (Å²) >= 11 is 0. The van der Waals surface area contributed by atoms with Crippen LogP contribution in [0.15, 0.2) is 24.3 Å². The normalized spacial score (nSPS) is 18.8. The number of rotatable bonds is 4. The molecule has 1 unspecified atom stereocenters. The Morgan fingerprint density at radius 1 is 1.35 bits per heavy atom. The van der Waals surface area contributed by atoms with Crippen molar-refractivity contribution in [2.75, 3.05) is 20.2 Å². The predicted octanol–water partition coefficient (Wildman–Crippen LogP) is 2.03. The number of esters is 1. The van der Waals surface area contributed by atoms with E-state index in [-0.39, 0.29) is 5.97 Å². The van der Waals surface area contributed by atoms with E-state index in [1.165, 1.54) is 25.5 Å². The zero-order valence-corrected chi connectivity index (χ0v) is 12.3. The van der Waals surface area contributed by atoms with Gasteiger partial charge in [-0.2, -0.15) is 0 Å². The summed E-state index contributed by atoms with van der Waals surface area (Å²) in [5.41, 5.74) is 7.80. The van der Waals surface area contributed by atoms with Gasteiger partial charge in [0.25, 0.3) is 0 Å². The summed E-state index contributed by atoms with van der Waals surface area (Å²) in [7, 11) is 1.40. The minimum absolute atomic E-state index is 0.283. The first-order valence-electron chi connectivity index (χ1n) is 7.25. The van der Waals surface area contributed by atoms with E-state index in [1.54, 1.807) is 0 Å². The third-order valence-electron chi connectivity index (χ3n) is 4.16. The molecular formula is C16H24N2O2. The number of piperidine rings is 1. The van der Waals surface area contributed by atoms with Gasteiger partial charge in [0.1, 0.15) is 0 Å². The molecule has 0 aromatic heterocycles. The van der Waals surface area contributed by atoms with Crippen LogP contribution in [0.25, 0.3) is 0 Å². The number of nitrogens with zero attached hydrogens (tertiary/aromatic N) is 1. The Balaban J connectivity index is 1.87. The van der Waals surface area contributed by atoms with Crippen molar-refractivity contribution in [3.8, 4) is 0 Å². The van der Waals surface area contributed by atoms with Crippen LogP contribution in [0.2, 0.25) is 0 Å². The van der Waals surface area contributed by atoms with Gasteiger partial charge in [0.2, 0.25) is 0 Å². The Morgan fingerprint density at radius 3 is 2.45 bits per heavy atom. The van der Waals surface area contributed by atoms with Crippen molar-refractivity contribution in [2.24, 2.45) is 11.7 Å². The summed E-state index contributed by atoms with van der Waals surface area (Å²) in [6, 6.07) is 7.97. The van der Waals surface area contributed by atoms with Crippen molar-refractivity contribution in [2.45, 2.75) is 32.4 Å². The van der Waals surface area contributed by atoms with Crippen molar-refractivity contribution in [1.29, 1.82) is 0 Å². The lowest BCUT2D eigenvalue weighted by Crippen LogP contribution is -2.39. The summed E-state index contributed by atoms with van der Waals surface area (Å²) in [4.78, 5) is 13.8. The van der Waals surface area contributed by atoms with Crippen molar-refractivity contribution in [3.63, 3.8) is 0 Å². The molecule has 0 amide bonds. The van der Waals surface area contributed by atoms with Gasteiger partial charge in [0.05, 0.1) is 12.7 Å². The second-order valence-electron chi connectivity index (χ2n) is 5.66. The summed E-state index contributed by atoms with van der Waals surface area (Å²) in [6.45, 7) is 5.24. The van der Waals surface area contributed by atoms with Gasteiger partial charge in [-0.15, -0.1) is 0 Å². The Morgan fingerprint density at radius 2 is 1.95 bits per heavy atom. The molecule has 0 radical (unpaired) electrons. The molecule has 4 heteroatoms. The second kappa shape index (κ2) is 6.86. The van der Waals surface area contributed by atoms with Gasteiger partial charge < -0.3 is 10.5 Å². The van der Waals surface area contributed by atoms with Crippen molar-refractivity contribution < 1.29 is 9.53 Å². The van der Waals surface area contributed by atoms with Gasteiger partial charge in [0, 0.05) is 12.6 Å². The molecule has 0 spiro atoms. The minimum Gasteiger partial charge on any atom is -0.465 e. The van der Waals surface area contributed by atoms with Gasteiger partial charge >= 0.3 is 5.97 Å². The predicted molar refractivity (Wildman–Crippen MR) is 79.4 cm³/mol. The van der Waals surface area contributed by atoms with Crippen molar-refractivity contribution in [1.82, 2.24) is 4.90 Å². The quantitative estimate of drug-likeness (QED) is 0.855. The van der Waals surface area contributed by atoms with E-state index in [1.807, 2.05) is 24.3 Å². The Labute approximate surface area is 120 Å². The molecule has 1 atom stereocenters. The Kier molecular flexibility index (Phi) is 5.15. The van der Waals surface area contributed by atoms with Crippen LogP contribution in [0.3, 0.4) is 0 Å². The molecule has 0 saturated carbocycles. The molecule has 1 aliphatic rings. The second-order valence-corrected chi connectivity index (χ2v) is 5.66. The first-order valence-corrected chi connectivity index (χ1v) is 7.25. The molecule has 1 fully saturated rings. The molecule has 1 aliphatic heterocycles. The molecule has 4 nitrogen and oxygen atoms in total. The van der Waals surface area contributed by atoms with E-state index in [9.17, 15) is 4.79 Å². The van der Waals surface area contributed by atoms with Crippen LogP contribution in [0.1, 0.15) is 35.7 Å². The molecule has 20 heavy (non-hydrogen) atoms. The lowest BCUT2D eigenvalue weighted by atomic mass is 9.91. The zero-order chi connectivity index (χ0) is 14.5. The first-order chi connectivity index (χ1) is 9.60. The standard InChI is InChI=1S/C16H24N2O2/c1-12(17)14-7-9-18(10-8-14)11-13-3-5-15(6-4-13)16(19)20-2/h3-6,12,14H,7-11,17H2,1-2H3. The summed E-state index contributed by atoms with van der Waals surface area (Å²) in [5, 5.41) is 0. The van der Waals surface area contributed by atoms with E-state index in [2.05, 4.69) is 11.8 Å². The molecule has 2 rings (SSSR count). The average Bonchev–Trinajstić information content (AvgIpc) is 2.48. The number of hydrogen-bond acceptors (Lipinski definition) is 4. The molecule has 1 aromatic carbocycles. The molecule has 110 valence electrons. The van der Waals surface area contributed by atoms with E-state index in [0.29, 0.717) is 17.5 Å². The highest BCUT2D eigenvalue weighted by atomic mass is 16.5. The molecule has 1 aromatic rings. The van der Waals surface area contributed by atoms with Gasteiger partial charge in [-0.25, -0.2) is 4.79 Å². The van der Waals surface area contributed by atoms with E-state index < -0.39 is 0 Å². The molecule has 0 aliphatic carbocycles. The largest absolute Gasteiger partial charge is 0.465 e. The molecule has 0 bridgehead atoms. The maximum absolute atomic E-state index is 11.4. The fourth-order valence-electron chi connectivity index (χ4n) is 2.76. The number of likely N-dealkylation sites (tertiary alicyclic amines) is 1. The van der Waals surface area contributed by atoms with Gasteiger partial charge in [-0.05, 0) is 56.5 Å². The third kappa shape index (κ3) is 3.81. The van der Waals surface area contributed by atoms with E-state index in [0.717, 1.165) is 19.6 Å². The highest BCUT2D eigenvalue weighted by molar-refractivity contribution is 5.89. The fourth-order valence-corrected chi connectivity index (χ4v) is 2.76. The number of ether oxygens (including phenoxy) is 1. The monoisotopic (exact) mass is 276 g/mol. The van der Waals surface area contributed by atoms with E-state index in [4.69, 9.17) is 10.5 Å². The maximum atomic E-state index is 11.4. The van der Waals surface area contributed by atoms with Crippen LogP contribution in [-0.4, -0.2) is 37.1 Å². The van der Waals surface area contributed by atoms with Crippen LogP contribution in [0.5, 0.6) is 0 Å². The molecule has 2 N–H and O–H groups in total. The van der Waals surface area contributed by atoms with Crippen LogP contribution in [-0.2, 0) is 11.3 Å². The van der Waals surface area contributed by atoms with Crippen molar-refractivity contribution >= 4 is 5.97 Å². The third-order valence-corrected chi connectivity index (χ3v) is 4.16. The van der Waals surface area contributed by atoms with Gasteiger partial charge in [-0.1, -0.05) is 12.1 Å². The van der Waals surface area contributed by atoms with Crippen LogP contribution in [0.4, 0.5) is 0 Å². The topological polar surface area (TPSA) is 55.6 Å². The minimum atomic E-state index is -0.283. The molecular weight excluding hydrogens is 252 g/mol. The maximum Gasteiger partial charge on any atom is 0.337 e. The lowest BCUT2D eigenvalue weighted by Gasteiger charge is -2.33. The molecule has 1 heterocycles. The van der Waals surface area contributed by atoms with Gasteiger partial charge in [0.15, 0.2) is 0 Å². The smallest absolute Gasteiger partial charge is 0.337 e. The Hall–Kier alpha value is -1.39. The first kappa shape index (κ1) is 15.0. The van der Waals surface area contributed by atoms with Gasteiger partial charge in [-0.3, -0.25) is 4.90 Å². The lowest BCUT2D eigenvalue weighted by molar-refractivity contribution is 0.0600. The van der Waals surface area contributed by atoms with E-state index >= 15 is 0 Å². The highest BCUT2D eigenvalue weighted by Crippen LogP contribution is 2.21. The number of nitrogens with two attached hydrogens (primary N) is 1. The average molecular weight is 276 g/mol.